The Morgan fingerprint density at radius 3 is 2.75 bits per heavy atom. The van der Waals surface area contributed by atoms with Crippen molar-refractivity contribution in [3.8, 4) is 0 Å². The Hall–Kier alpha value is -0.860. The molecule has 0 bridgehead atoms. The van der Waals surface area contributed by atoms with E-state index in [1.807, 2.05) is 7.05 Å². The van der Waals surface area contributed by atoms with Crippen LogP contribution in [0.2, 0.25) is 0 Å². The monoisotopic (exact) mass is 446 g/mol. The second kappa shape index (κ2) is 8.49. The molecule has 0 unspecified atom stereocenters. The summed E-state index contributed by atoms with van der Waals surface area (Å²) < 4.78 is 2.33. The number of aromatic nitrogens is 3. The predicted octanol–water partition coefficient (Wildman–Crippen LogP) is 2.47. The lowest BCUT2D eigenvalue weighted by atomic mass is 9.93. The van der Waals surface area contributed by atoms with E-state index in [1.165, 1.54) is 31.5 Å². The Morgan fingerprint density at radius 2 is 2.04 bits per heavy atom. The lowest BCUT2D eigenvalue weighted by Crippen LogP contribution is -2.41. The molecule has 0 amide bonds. The largest absolute Gasteiger partial charge is 0.356 e. The van der Waals surface area contributed by atoms with Gasteiger partial charge in [0.25, 0.3) is 0 Å². The van der Waals surface area contributed by atoms with Gasteiger partial charge in [-0.3, -0.25) is 4.99 Å². The number of aryl methyl sites for hydroxylation is 1. The lowest BCUT2D eigenvalue weighted by molar-refractivity contribution is 0.370. The first-order valence-corrected chi connectivity index (χ1v) is 8.96. The summed E-state index contributed by atoms with van der Waals surface area (Å²) in [6.07, 6.45) is 7.00. The third-order valence-electron chi connectivity index (χ3n) is 5.01. The van der Waals surface area contributed by atoms with Gasteiger partial charge >= 0.3 is 0 Å². The average molecular weight is 446 g/mol. The highest BCUT2D eigenvalue weighted by atomic mass is 127. The molecule has 2 aliphatic rings. The molecule has 1 N–H and O–H groups in total. The fourth-order valence-corrected chi connectivity index (χ4v) is 3.64. The first-order chi connectivity index (χ1) is 11.1. The van der Waals surface area contributed by atoms with Crippen LogP contribution in [-0.2, 0) is 19.4 Å². The van der Waals surface area contributed by atoms with Crippen molar-refractivity contribution in [2.45, 2.75) is 58.9 Å². The van der Waals surface area contributed by atoms with Crippen molar-refractivity contribution < 1.29 is 0 Å². The van der Waals surface area contributed by atoms with E-state index >= 15 is 0 Å². The van der Waals surface area contributed by atoms with Crippen molar-refractivity contribution >= 4 is 29.9 Å². The van der Waals surface area contributed by atoms with Gasteiger partial charge in [0.1, 0.15) is 11.6 Å². The maximum absolute atomic E-state index is 4.45. The molecule has 0 aromatic carbocycles. The van der Waals surface area contributed by atoms with Crippen LogP contribution in [0.25, 0.3) is 0 Å². The first-order valence-electron chi connectivity index (χ1n) is 8.96. The maximum atomic E-state index is 4.45. The number of aliphatic imine (C=N–C) groups is 1. The Morgan fingerprint density at radius 1 is 1.21 bits per heavy atom. The molecule has 0 atom stereocenters. The van der Waals surface area contributed by atoms with Crippen molar-refractivity contribution in [1.82, 2.24) is 25.0 Å². The normalized spacial score (nSPS) is 20.3. The second-order valence-corrected chi connectivity index (χ2v) is 7.55. The molecule has 1 aromatic rings. The molecule has 0 radical (unpaired) electrons. The molecule has 136 valence electrons. The fourth-order valence-electron chi connectivity index (χ4n) is 3.64. The fraction of sp³-hybridized carbons (Fsp3) is 0.824. The third kappa shape index (κ3) is 4.61. The number of halogens is 1. The topological polar surface area (TPSA) is 58.3 Å². The average Bonchev–Trinajstić information content (AvgIpc) is 2.98. The Labute approximate surface area is 162 Å². The molecule has 0 aliphatic carbocycles. The maximum Gasteiger partial charge on any atom is 0.193 e. The number of hydrogen-bond acceptors (Lipinski definition) is 3. The number of nitrogens with zero attached hydrogens (tertiary/aromatic N) is 5. The Kier molecular flexibility index (Phi) is 6.88. The minimum atomic E-state index is 0. The molecule has 1 saturated heterocycles. The number of nitrogens with one attached hydrogen (secondary N) is 1. The predicted molar refractivity (Wildman–Crippen MR) is 108 cm³/mol. The number of hydrogen-bond donors (Lipinski definition) is 1. The van der Waals surface area contributed by atoms with E-state index in [4.69, 9.17) is 0 Å². The van der Waals surface area contributed by atoms with Crippen molar-refractivity contribution in [2.24, 2.45) is 10.4 Å². The van der Waals surface area contributed by atoms with Gasteiger partial charge in [0.2, 0.25) is 0 Å². The standard InChI is InChI=1S/C17H30N6.HI/c1-17(2)9-12-22(13-17)16(18-3)19-10-8-15-21-20-14-7-5-4-6-11-23(14)15;/h4-13H2,1-3H3,(H,18,19);1H. The zero-order valence-electron chi connectivity index (χ0n) is 15.2. The SMILES string of the molecule is CN=C(NCCc1nnc2n1CCCCC2)N1CCC(C)(C)C1.I. The minimum Gasteiger partial charge on any atom is -0.356 e. The van der Waals surface area contributed by atoms with E-state index in [1.54, 1.807) is 0 Å². The van der Waals surface area contributed by atoms with E-state index in [0.29, 0.717) is 5.41 Å². The molecule has 1 fully saturated rings. The van der Waals surface area contributed by atoms with Gasteiger partial charge < -0.3 is 14.8 Å². The Balaban J connectivity index is 0.00000208. The van der Waals surface area contributed by atoms with Crippen molar-refractivity contribution in [3.05, 3.63) is 11.6 Å². The molecule has 24 heavy (non-hydrogen) atoms. The summed E-state index contributed by atoms with van der Waals surface area (Å²) >= 11 is 0. The number of fused-ring (bicyclic) bond motifs is 1. The summed E-state index contributed by atoms with van der Waals surface area (Å²) in [6, 6.07) is 0. The van der Waals surface area contributed by atoms with Crippen molar-refractivity contribution in [1.29, 1.82) is 0 Å². The van der Waals surface area contributed by atoms with Crippen LogP contribution in [0.5, 0.6) is 0 Å². The molecular formula is C17H31IN6. The van der Waals surface area contributed by atoms with Crippen LogP contribution in [0.1, 0.15) is 51.2 Å². The number of guanidine groups is 1. The van der Waals surface area contributed by atoms with Crippen LogP contribution in [0.15, 0.2) is 4.99 Å². The molecule has 7 heteroatoms. The summed E-state index contributed by atoms with van der Waals surface area (Å²) in [5.74, 6) is 3.31. The zero-order valence-corrected chi connectivity index (χ0v) is 17.5. The second-order valence-electron chi connectivity index (χ2n) is 7.55. The summed E-state index contributed by atoms with van der Waals surface area (Å²) in [5.41, 5.74) is 0.391. The van der Waals surface area contributed by atoms with Crippen LogP contribution in [0.4, 0.5) is 0 Å². The van der Waals surface area contributed by atoms with Gasteiger partial charge in [-0.05, 0) is 24.7 Å². The highest BCUT2D eigenvalue weighted by Gasteiger charge is 2.30. The quantitative estimate of drug-likeness (QED) is 0.441. The molecule has 3 rings (SSSR count). The summed E-state index contributed by atoms with van der Waals surface area (Å²) in [5, 5.41) is 12.3. The highest BCUT2D eigenvalue weighted by molar-refractivity contribution is 14.0. The van der Waals surface area contributed by atoms with Gasteiger partial charge in [-0.2, -0.15) is 0 Å². The van der Waals surface area contributed by atoms with Crippen LogP contribution in [0.3, 0.4) is 0 Å². The summed E-state index contributed by atoms with van der Waals surface area (Å²) in [7, 11) is 1.87. The van der Waals surface area contributed by atoms with Crippen molar-refractivity contribution in [3.63, 3.8) is 0 Å². The van der Waals surface area contributed by atoms with E-state index in [2.05, 4.69) is 43.8 Å². The zero-order chi connectivity index (χ0) is 16.3. The smallest absolute Gasteiger partial charge is 0.193 e. The third-order valence-corrected chi connectivity index (χ3v) is 5.01. The van der Waals surface area contributed by atoms with E-state index in [0.717, 1.165) is 50.8 Å². The van der Waals surface area contributed by atoms with Gasteiger partial charge in [0.15, 0.2) is 5.96 Å². The first kappa shape index (κ1) is 19.5. The van der Waals surface area contributed by atoms with Gasteiger partial charge in [-0.15, -0.1) is 34.2 Å². The molecule has 2 aliphatic heterocycles. The van der Waals surface area contributed by atoms with E-state index < -0.39 is 0 Å². The van der Waals surface area contributed by atoms with Crippen LogP contribution < -0.4 is 5.32 Å². The van der Waals surface area contributed by atoms with E-state index in [9.17, 15) is 0 Å². The van der Waals surface area contributed by atoms with Crippen LogP contribution in [-0.4, -0.2) is 52.3 Å². The van der Waals surface area contributed by atoms with E-state index in [-0.39, 0.29) is 24.0 Å². The van der Waals surface area contributed by atoms with Gasteiger partial charge in [-0.25, -0.2) is 0 Å². The van der Waals surface area contributed by atoms with Gasteiger partial charge in [-0.1, -0.05) is 20.3 Å². The highest BCUT2D eigenvalue weighted by Crippen LogP contribution is 2.28. The van der Waals surface area contributed by atoms with Crippen LogP contribution in [0, 0.1) is 5.41 Å². The van der Waals surface area contributed by atoms with Gasteiger partial charge in [0, 0.05) is 46.1 Å². The molecule has 6 nitrogen and oxygen atoms in total. The van der Waals surface area contributed by atoms with Crippen LogP contribution >= 0.6 is 24.0 Å². The number of rotatable bonds is 3. The van der Waals surface area contributed by atoms with Gasteiger partial charge in [0.05, 0.1) is 0 Å². The molecule has 0 spiro atoms. The number of likely N-dealkylation sites (tertiary alicyclic amines) is 1. The van der Waals surface area contributed by atoms with Crippen molar-refractivity contribution in [2.75, 3.05) is 26.7 Å². The molecule has 1 aromatic heterocycles. The molecular weight excluding hydrogens is 415 g/mol. The lowest BCUT2D eigenvalue weighted by Gasteiger charge is -2.23. The summed E-state index contributed by atoms with van der Waals surface area (Å²) in [6.45, 7) is 8.76. The Bertz CT molecular complexity index is 565. The molecule has 0 saturated carbocycles. The summed E-state index contributed by atoms with van der Waals surface area (Å²) in [4.78, 5) is 6.81. The molecule has 3 heterocycles. The minimum absolute atomic E-state index is 0.